The van der Waals surface area contributed by atoms with Crippen LogP contribution >= 0.6 is 15.9 Å². The predicted molar refractivity (Wildman–Crippen MR) is 83.1 cm³/mol. The fourth-order valence-electron chi connectivity index (χ4n) is 2.76. The highest BCUT2D eigenvalue weighted by molar-refractivity contribution is 9.10. The van der Waals surface area contributed by atoms with Crippen LogP contribution in [0.3, 0.4) is 0 Å². The molecular weight excluding hydrogens is 336 g/mol. The summed E-state index contributed by atoms with van der Waals surface area (Å²) in [5.41, 5.74) is 0.675. The summed E-state index contributed by atoms with van der Waals surface area (Å²) in [5, 5.41) is 0. The van der Waals surface area contributed by atoms with Gasteiger partial charge in [0.1, 0.15) is 5.69 Å². The lowest BCUT2D eigenvalue weighted by molar-refractivity contribution is -0.146. The number of aryl methyl sites for hydroxylation is 1. The molecule has 1 saturated heterocycles. The van der Waals surface area contributed by atoms with Crippen molar-refractivity contribution in [3.63, 3.8) is 0 Å². The third kappa shape index (κ3) is 3.67. The highest BCUT2D eigenvalue weighted by atomic mass is 79.9. The second-order valence-corrected chi connectivity index (χ2v) is 6.27. The van der Waals surface area contributed by atoms with E-state index in [2.05, 4.69) is 22.9 Å². The number of aromatic nitrogens is 1. The number of halogens is 1. The number of likely N-dealkylation sites (tertiary alicyclic amines) is 1. The van der Waals surface area contributed by atoms with Crippen LogP contribution in [0.2, 0.25) is 0 Å². The SMILES string of the molecule is CCCn1cc(Br)cc1C(=O)N1CCCC(C(=O)OC)C1. The maximum absolute atomic E-state index is 12.7. The van der Waals surface area contributed by atoms with Gasteiger partial charge in [0.05, 0.1) is 13.0 Å². The molecule has 1 fully saturated rings. The lowest BCUT2D eigenvalue weighted by Crippen LogP contribution is -2.43. The van der Waals surface area contributed by atoms with Crippen LogP contribution in [0.25, 0.3) is 0 Å². The fraction of sp³-hybridized carbons (Fsp3) is 0.600. The molecule has 6 heteroatoms. The number of methoxy groups -OCH3 is 1. The first-order chi connectivity index (χ1) is 10.1. The first-order valence-electron chi connectivity index (χ1n) is 7.29. The molecule has 1 unspecified atom stereocenters. The van der Waals surface area contributed by atoms with Gasteiger partial charge in [-0.15, -0.1) is 0 Å². The maximum atomic E-state index is 12.7. The summed E-state index contributed by atoms with van der Waals surface area (Å²) in [7, 11) is 1.40. The molecule has 0 radical (unpaired) electrons. The number of esters is 1. The van der Waals surface area contributed by atoms with E-state index >= 15 is 0 Å². The van der Waals surface area contributed by atoms with Crippen molar-refractivity contribution in [3.8, 4) is 0 Å². The highest BCUT2D eigenvalue weighted by Crippen LogP contribution is 2.22. The monoisotopic (exact) mass is 356 g/mol. The number of nitrogens with zero attached hydrogens (tertiary/aromatic N) is 2. The van der Waals surface area contributed by atoms with E-state index < -0.39 is 0 Å². The quantitative estimate of drug-likeness (QED) is 0.779. The molecule has 1 aromatic rings. The summed E-state index contributed by atoms with van der Waals surface area (Å²) in [6, 6.07) is 1.85. The second kappa shape index (κ2) is 7.11. The molecule has 1 aliphatic heterocycles. The van der Waals surface area contributed by atoms with Crippen molar-refractivity contribution in [3.05, 3.63) is 22.4 Å². The summed E-state index contributed by atoms with van der Waals surface area (Å²) >= 11 is 3.43. The van der Waals surface area contributed by atoms with E-state index in [1.54, 1.807) is 4.90 Å². The number of hydrogen-bond acceptors (Lipinski definition) is 3. The van der Waals surface area contributed by atoms with Gasteiger partial charge in [-0.05, 0) is 41.3 Å². The van der Waals surface area contributed by atoms with Gasteiger partial charge in [-0.1, -0.05) is 6.92 Å². The van der Waals surface area contributed by atoms with Gasteiger partial charge in [0, 0.05) is 30.3 Å². The van der Waals surface area contributed by atoms with Crippen LogP contribution in [0.5, 0.6) is 0 Å². The number of ether oxygens (including phenoxy) is 1. The summed E-state index contributed by atoms with van der Waals surface area (Å²) < 4.78 is 7.67. The average Bonchev–Trinajstić information content (AvgIpc) is 2.87. The molecule has 0 aliphatic carbocycles. The minimum Gasteiger partial charge on any atom is -0.469 e. The van der Waals surface area contributed by atoms with Gasteiger partial charge in [0.2, 0.25) is 0 Å². The topological polar surface area (TPSA) is 51.5 Å². The minimum atomic E-state index is -0.224. The third-order valence-electron chi connectivity index (χ3n) is 3.79. The van der Waals surface area contributed by atoms with E-state index in [4.69, 9.17) is 4.74 Å². The summed E-state index contributed by atoms with van der Waals surface area (Å²) in [4.78, 5) is 26.1. The molecule has 2 heterocycles. The van der Waals surface area contributed by atoms with Crippen LogP contribution in [0.1, 0.15) is 36.7 Å². The van der Waals surface area contributed by atoms with Gasteiger partial charge in [-0.2, -0.15) is 0 Å². The Morgan fingerprint density at radius 3 is 2.90 bits per heavy atom. The molecule has 1 aliphatic rings. The number of rotatable bonds is 4. The zero-order valence-corrected chi connectivity index (χ0v) is 14.1. The van der Waals surface area contributed by atoms with Crippen LogP contribution in [-0.4, -0.2) is 41.5 Å². The molecular formula is C15H21BrN2O3. The summed E-state index contributed by atoms with van der Waals surface area (Å²) in [5.74, 6) is -0.439. The Morgan fingerprint density at radius 1 is 1.48 bits per heavy atom. The van der Waals surface area contributed by atoms with E-state index in [9.17, 15) is 9.59 Å². The second-order valence-electron chi connectivity index (χ2n) is 5.35. The standard InChI is InChI=1S/C15H21BrN2O3/c1-3-6-17-10-12(16)8-13(17)14(19)18-7-4-5-11(9-18)15(20)21-2/h8,10-11H,3-7,9H2,1-2H3. The lowest BCUT2D eigenvalue weighted by atomic mass is 9.98. The van der Waals surface area contributed by atoms with Crippen molar-refractivity contribution >= 4 is 27.8 Å². The van der Waals surface area contributed by atoms with Gasteiger partial charge in [-0.3, -0.25) is 9.59 Å². The molecule has 1 aromatic heterocycles. The van der Waals surface area contributed by atoms with Gasteiger partial charge in [-0.25, -0.2) is 0 Å². The van der Waals surface area contributed by atoms with Crippen LogP contribution in [-0.2, 0) is 16.1 Å². The smallest absolute Gasteiger partial charge is 0.310 e. The molecule has 2 rings (SSSR count). The van der Waals surface area contributed by atoms with Crippen LogP contribution < -0.4 is 0 Å². The average molecular weight is 357 g/mol. The van der Waals surface area contributed by atoms with Gasteiger partial charge < -0.3 is 14.2 Å². The van der Waals surface area contributed by atoms with E-state index in [-0.39, 0.29) is 17.8 Å². The minimum absolute atomic E-state index is 0.0113. The molecule has 1 amide bonds. The Hall–Kier alpha value is -1.30. The Kier molecular flexibility index (Phi) is 5.45. The van der Waals surface area contributed by atoms with Crippen LogP contribution in [0, 0.1) is 5.92 Å². The molecule has 5 nitrogen and oxygen atoms in total. The number of carbonyl (C=O) groups is 2. The van der Waals surface area contributed by atoms with Crippen LogP contribution in [0.15, 0.2) is 16.7 Å². The van der Waals surface area contributed by atoms with Gasteiger partial charge in [0.15, 0.2) is 0 Å². The zero-order valence-electron chi connectivity index (χ0n) is 12.5. The molecule has 0 bridgehead atoms. The van der Waals surface area contributed by atoms with E-state index in [1.165, 1.54) is 7.11 Å². The normalized spacial score (nSPS) is 18.6. The molecule has 0 spiro atoms. The van der Waals surface area contributed by atoms with Crippen molar-refractivity contribution in [2.45, 2.75) is 32.7 Å². The van der Waals surface area contributed by atoms with E-state index in [1.807, 2.05) is 16.8 Å². The third-order valence-corrected chi connectivity index (χ3v) is 4.22. The molecule has 116 valence electrons. The number of hydrogen-bond donors (Lipinski definition) is 0. The van der Waals surface area contributed by atoms with Crippen molar-refractivity contribution in [2.75, 3.05) is 20.2 Å². The van der Waals surface area contributed by atoms with Gasteiger partial charge in [0.25, 0.3) is 5.91 Å². The first-order valence-corrected chi connectivity index (χ1v) is 8.09. The molecule has 1 atom stereocenters. The summed E-state index contributed by atoms with van der Waals surface area (Å²) in [6.45, 7) is 4.03. The van der Waals surface area contributed by atoms with Crippen LogP contribution in [0.4, 0.5) is 0 Å². The van der Waals surface area contributed by atoms with E-state index in [0.717, 1.165) is 30.3 Å². The van der Waals surface area contributed by atoms with Crippen molar-refractivity contribution in [1.82, 2.24) is 9.47 Å². The first kappa shape index (κ1) is 16.1. The lowest BCUT2D eigenvalue weighted by Gasteiger charge is -2.31. The van der Waals surface area contributed by atoms with E-state index in [0.29, 0.717) is 18.8 Å². The zero-order chi connectivity index (χ0) is 15.4. The number of carbonyl (C=O) groups excluding carboxylic acids is 2. The Labute approximate surface area is 133 Å². The van der Waals surface area contributed by atoms with Crippen molar-refractivity contribution < 1.29 is 14.3 Å². The van der Waals surface area contributed by atoms with Crippen molar-refractivity contribution in [2.24, 2.45) is 5.92 Å². The maximum Gasteiger partial charge on any atom is 0.310 e. The number of amides is 1. The van der Waals surface area contributed by atoms with Crippen molar-refractivity contribution in [1.29, 1.82) is 0 Å². The van der Waals surface area contributed by atoms with Gasteiger partial charge >= 0.3 is 5.97 Å². The molecule has 0 aromatic carbocycles. The number of piperidine rings is 1. The molecule has 0 N–H and O–H groups in total. The largest absolute Gasteiger partial charge is 0.469 e. The predicted octanol–water partition coefficient (Wildman–Crippen LogP) is 2.69. The Bertz CT molecular complexity index is 527. The Morgan fingerprint density at radius 2 is 2.24 bits per heavy atom. The molecule has 21 heavy (non-hydrogen) atoms. The highest BCUT2D eigenvalue weighted by Gasteiger charge is 2.30. The molecule has 0 saturated carbocycles. The summed E-state index contributed by atoms with van der Waals surface area (Å²) in [6.07, 6.45) is 4.52. The Balaban J connectivity index is 2.14. The fourth-order valence-corrected chi connectivity index (χ4v) is 3.23.